The van der Waals surface area contributed by atoms with Gasteiger partial charge in [0.05, 0.1) is 23.6 Å². The van der Waals surface area contributed by atoms with Crippen molar-refractivity contribution in [2.75, 3.05) is 26.2 Å². The second-order valence-corrected chi connectivity index (χ2v) is 11.2. The fraction of sp³-hybridized carbons (Fsp3) is 0.533. The minimum atomic E-state index is -1.12. The predicted molar refractivity (Wildman–Crippen MR) is 147 cm³/mol. The fourth-order valence-electron chi connectivity index (χ4n) is 5.59. The highest BCUT2D eigenvalue weighted by molar-refractivity contribution is 5.67. The van der Waals surface area contributed by atoms with Crippen LogP contribution < -0.4 is 5.73 Å². The van der Waals surface area contributed by atoms with Gasteiger partial charge >= 0.3 is 0 Å². The summed E-state index contributed by atoms with van der Waals surface area (Å²) in [5, 5.41) is 0. The van der Waals surface area contributed by atoms with Crippen LogP contribution in [0.1, 0.15) is 63.6 Å². The van der Waals surface area contributed by atoms with Crippen LogP contribution in [0.25, 0.3) is 17.0 Å². The summed E-state index contributed by atoms with van der Waals surface area (Å²) in [5.74, 6) is 0.682. The zero-order valence-electron chi connectivity index (χ0n) is 22.1. The van der Waals surface area contributed by atoms with Crippen LogP contribution in [0.3, 0.4) is 0 Å². The first-order chi connectivity index (χ1) is 17.2. The molecule has 1 unspecified atom stereocenters. The Balaban J connectivity index is 1.29. The van der Waals surface area contributed by atoms with E-state index in [-0.39, 0.29) is 6.04 Å². The molecule has 2 fully saturated rings. The van der Waals surface area contributed by atoms with E-state index in [9.17, 15) is 4.39 Å². The van der Waals surface area contributed by atoms with Crippen molar-refractivity contribution in [2.45, 2.75) is 70.5 Å². The second kappa shape index (κ2) is 11.5. The third-order valence-electron chi connectivity index (χ3n) is 7.61. The Morgan fingerprint density at radius 3 is 2.36 bits per heavy atom. The second-order valence-electron chi connectivity index (χ2n) is 11.2. The van der Waals surface area contributed by atoms with Crippen LogP contribution in [0, 0.1) is 5.92 Å². The molecule has 1 aromatic heterocycles. The van der Waals surface area contributed by atoms with Crippen molar-refractivity contribution < 1.29 is 4.39 Å². The van der Waals surface area contributed by atoms with Crippen molar-refractivity contribution in [3.8, 4) is 11.3 Å². The van der Waals surface area contributed by atoms with E-state index in [1.165, 1.54) is 6.42 Å². The van der Waals surface area contributed by atoms with Gasteiger partial charge < -0.3 is 15.5 Å². The maximum atomic E-state index is 13.9. The molecular formula is C30H42FN5. The number of aryl methyl sites for hydroxylation is 1. The Hall–Kier alpha value is -2.73. The Labute approximate surface area is 216 Å². The summed E-state index contributed by atoms with van der Waals surface area (Å²) in [7, 11) is 0. The van der Waals surface area contributed by atoms with Crippen molar-refractivity contribution >= 4 is 5.70 Å². The minimum absolute atomic E-state index is 0.166. The van der Waals surface area contributed by atoms with Crippen molar-refractivity contribution in [1.29, 1.82) is 0 Å². The first kappa shape index (κ1) is 26.3. The molecule has 3 heterocycles. The molecule has 0 radical (unpaired) electrons. The molecular weight excluding hydrogens is 449 g/mol. The molecule has 2 aromatic rings. The van der Waals surface area contributed by atoms with E-state index in [1.807, 2.05) is 12.4 Å². The van der Waals surface area contributed by atoms with Crippen LogP contribution in [-0.4, -0.2) is 57.7 Å². The van der Waals surface area contributed by atoms with Gasteiger partial charge in [-0.3, -0.25) is 9.97 Å². The van der Waals surface area contributed by atoms with E-state index in [2.05, 4.69) is 47.2 Å². The number of nitrogens with two attached hydrogens (primary N) is 1. The molecule has 4 rings (SSSR count). The zero-order chi connectivity index (χ0) is 25.7. The van der Waals surface area contributed by atoms with Gasteiger partial charge in [-0.25, -0.2) is 4.39 Å². The van der Waals surface area contributed by atoms with Crippen LogP contribution in [0.15, 0.2) is 55.5 Å². The molecule has 6 heteroatoms. The predicted octanol–water partition coefficient (Wildman–Crippen LogP) is 5.83. The number of piperidine rings is 2. The summed E-state index contributed by atoms with van der Waals surface area (Å²) in [6.45, 7) is 15.1. The molecule has 0 bridgehead atoms. The third-order valence-corrected chi connectivity index (χ3v) is 7.61. The molecule has 2 N–H and O–H groups in total. The van der Waals surface area contributed by atoms with Gasteiger partial charge in [-0.15, -0.1) is 0 Å². The molecule has 36 heavy (non-hydrogen) atoms. The summed E-state index contributed by atoms with van der Waals surface area (Å²) < 4.78 is 13.9. The summed E-state index contributed by atoms with van der Waals surface area (Å²) in [6, 6.07) is 8.56. The van der Waals surface area contributed by atoms with Gasteiger partial charge in [-0.05, 0) is 83.4 Å². The van der Waals surface area contributed by atoms with Gasteiger partial charge in [-0.1, -0.05) is 37.4 Å². The van der Waals surface area contributed by atoms with Crippen molar-refractivity contribution in [2.24, 2.45) is 11.7 Å². The van der Waals surface area contributed by atoms with E-state index >= 15 is 0 Å². The first-order valence-electron chi connectivity index (χ1n) is 13.4. The molecule has 0 saturated carbocycles. The first-order valence-corrected chi connectivity index (χ1v) is 13.4. The number of likely N-dealkylation sites (tertiary alicyclic amines) is 2. The number of rotatable bonds is 9. The standard InChI is InChI=1S/C30H42FN5/c1-22(32)29-7-5-6-16-36(29)23(2)25-9-11-26(12-10-25)28-20-33-27(19-34-28)13-8-24-14-17-35(18-15-24)21-30(3,4)31/h9-12,19-20,24,29H,1-2,5-8,13-18,21,32H2,3-4H3. The van der Waals surface area contributed by atoms with Gasteiger partial charge in [0.1, 0.15) is 5.67 Å². The van der Waals surface area contributed by atoms with Crippen LogP contribution in [0.2, 0.25) is 0 Å². The summed E-state index contributed by atoms with van der Waals surface area (Å²) in [4.78, 5) is 13.9. The monoisotopic (exact) mass is 491 g/mol. The lowest BCUT2D eigenvalue weighted by molar-refractivity contribution is 0.0942. The average Bonchev–Trinajstić information content (AvgIpc) is 2.87. The van der Waals surface area contributed by atoms with E-state index in [1.54, 1.807) is 13.8 Å². The number of hydrogen-bond acceptors (Lipinski definition) is 5. The normalized spacial score (nSPS) is 19.9. The van der Waals surface area contributed by atoms with E-state index < -0.39 is 5.67 Å². The molecule has 2 saturated heterocycles. The molecule has 2 aliphatic rings. The fourth-order valence-corrected chi connectivity index (χ4v) is 5.59. The Morgan fingerprint density at radius 1 is 1.03 bits per heavy atom. The highest BCUT2D eigenvalue weighted by Crippen LogP contribution is 2.30. The SMILES string of the molecule is C=C(N)C1CCCCN1C(=C)c1ccc(-c2cnc(CCC3CCN(CC(C)(C)F)CC3)cn2)cc1. The number of nitrogens with zero attached hydrogens (tertiary/aromatic N) is 4. The molecule has 5 nitrogen and oxygen atoms in total. The molecule has 194 valence electrons. The summed E-state index contributed by atoms with van der Waals surface area (Å²) >= 11 is 0. The Morgan fingerprint density at radius 2 is 1.75 bits per heavy atom. The summed E-state index contributed by atoms with van der Waals surface area (Å²) in [5.41, 5.74) is 10.7. The maximum Gasteiger partial charge on any atom is 0.118 e. The molecule has 2 aliphatic heterocycles. The molecule has 0 amide bonds. The Kier molecular flexibility index (Phi) is 8.45. The van der Waals surface area contributed by atoms with Crippen LogP contribution in [0.4, 0.5) is 4.39 Å². The van der Waals surface area contributed by atoms with Crippen molar-refractivity contribution in [1.82, 2.24) is 19.8 Å². The molecule has 0 aliphatic carbocycles. The van der Waals surface area contributed by atoms with E-state index in [0.717, 1.165) is 86.4 Å². The van der Waals surface area contributed by atoms with Gasteiger partial charge in [0.25, 0.3) is 0 Å². The van der Waals surface area contributed by atoms with Crippen molar-refractivity contribution in [3.63, 3.8) is 0 Å². The lowest BCUT2D eigenvalue weighted by atomic mass is 9.91. The number of aromatic nitrogens is 2. The average molecular weight is 492 g/mol. The third kappa shape index (κ3) is 6.94. The number of halogens is 1. The lowest BCUT2D eigenvalue weighted by Gasteiger charge is -2.39. The zero-order valence-corrected chi connectivity index (χ0v) is 22.1. The molecule has 1 aromatic carbocycles. The van der Waals surface area contributed by atoms with Crippen molar-refractivity contribution in [3.05, 3.63) is 66.8 Å². The van der Waals surface area contributed by atoms with Gasteiger partial charge in [-0.2, -0.15) is 0 Å². The smallest absolute Gasteiger partial charge is 0.118 e. The van der Waals surface area contributed by atoms with Crippen LogP contribution in [0.5, 0.6) is 0 Å². The van der Waals surface area contributed by atoms with Crippen LogP contribution in [-0.2, 0) is 6.42 Å². The van der Waals surface area contributed by atoms with E-state index in [0.29, 0.717) is 18.2 Å². The maximum absolute atomic E-state index is 13.9. The topological polar surface area (TPSA) is 58.3 Å². The minimum Gasteiger partial charge on any atom is -0.401 e. The highest BCUT2D eigenvalue weighted by atomic mass is 19.1. The van der Waals surface area contributed by atoms with Gasteiger partial charge in [0, 0.05) is 36.2 Å². The van der Waals surface area contributed by atoms with Gasteiger partial charge in [0.2, 0.25) is 0 Å². The number of hydrogen-bond donors (Lipinski definition) is 1. The molecule has 1 atom stereocenters. The van der Waals surface area contributed by atoms with Gasteiger partial charge in [0.15, 0.2) is 0 Å². The number of alkyl halides is 1. The highest BCUT2D eigenvalue weighted by Gasteiger charge is 2.26. The largest absolute Gasteiger partial charge is 0.401 e. The lowest BCUT2D eigenvalue weighted by Crippen LogP contribution is -2.41. The molecule has 0 spiro atoms. The summed E-state index contributed by atoms with van der Waals surface area (Å²) in [6.07, 6.45) is 11.5. The van der Waals surface area contributed by atoms with Crippen LogP contribution >= 0.6 is 0 Å². The number of benzene rings is 1. The Bertz CT molecular complexity index is 1020. The quantitative estimate of drug-likeness (QED) is 0.478. The van der Waals surface area contributed by atoms with E-state index in [4.69, 9.17) is 15.7 Å².